The Hall–Kier alpha value is -3.24. The van der Waals surface area contributed by atoms with Gasteiger partial charge >= 0.3 is 5.97 Å². The number of nitrogens with one attached hydrogen (secondary N) is 1. The number of hydrogen-bond donors (Lipinski definition) is 1. The molecule has 0 unspecified atom stereocenters. The number of benzene rings is 1. The number of aromatic amines is 1. The molecule has 28 heavy (non-hydrogen) atoms. The smallest absolute Gasteiger partial charge is 0.337 e. The fraction of sp³-hybridized carbons (Fsp3) is 0.238. The second kappa shape index (κ2) is 7.41. The molecule has 0 amide bonds. The van der Waals surface area contributed by atoms with E-state index in [1.54, 1.807) is 41.7 Å². The zero-order valence-corrected chi connectivity index (χ0v) is 16.1. The van der Waals surface area contributed by atoms with Gasteiger partial charge < -0.3 is 9.72 Å². The van der Waals surface area contributed by atoms with Gasteiger partial charge in [-0.3, -0.25) is 4.79 Å². The molecule has 7 heteroatoms. The molecule has 0 bridgehead atoms. The van der Waals surface area contributed by atoms with Crippen LogP contribution in [0.5, 0.6) is 0 Å². The van der Waals surface area contributed by atoms with Gasteiger partial charge in [0, 0.05) is 4.88 Å². The fourth-order valence-corrected chi connectivity index (χ4v) is 4.71. The van der Waals surface area contributed by atoms with Crippen LogP contribution < -0.4 is 5.56 Å². The van der Waals surface area contributed by atoms with Gasteiger partial charge in [-0.2, -0.15) is 5.26 Å². The lowest BCUT2D eigenvalue weighted by Crippen LogP contribution is -2.12. The van der Waals surface area contributed by atoms with E-state index in [9.17, 15) is 14.9 Å². The molecule has 0 saturated heterocycles. The lowest BCUT2D eigenvalue weighted by atomic mass is 9.97. The van der Waals surface area contributed by atoms with Crippen LogP contribution in [0.2, 0.25) is 0 Å². The molecular weight excluding hydrogens is 374 g/mol. The molecule has 2 aromatic heterocycles. The molecular formula is C21H17N3O3S. The van der Waals surface area contributed by atoms with Crippen LogP contribution in [0.1, 0.15) is 45.0 Å². The first-order valence-corrected chi connectivity index (χ1v) is 9.77. The van der Waals surface area contributed by atoms with Crippen molar-refractivity contribution in [3.63, 3.8) is 0 Å². The molecule has 1 aromatic carbocycles. The predicted octanol–water partition coefficient (Wildman–Crippen LogP) is 3.71. The van der Waals surface area contributed by atoms with E-state index in [0.29, 0.717) is 15.8 Å². The minimum absolute atomic E-state index is 0.193. The van der Waals surface area contributed by atoms with E-state index in [1.807, 2.05) is 0 Å². The summed E-state index contributed by atoms with van der Waals surface area (Å²) in [4.78, 5) is 33.5. The highest BCUT2D eigenvalue weighted by molar-refractivity contribution is 7.18. The van der Waals surface area contributed by atoms with Crippen molar-refractivity contribution >= 4 is 39.2 Å². The highest BCUT2D eigenvalue weighted by Gasteiger charge is 2.20. The Bertz CT molecular complexity index is 1200. The first-order valence-electron chi connectivity index (χ1n) is 8.96. The number of ether oxygens (including phenoxy) is 1. The average Bonchev–Trinajstić information content (AvgIpc) is 3.10. The van der Waals surface area contributed by atoms with E-state index in [4.69, 9.17) is 0 Å². The SMILES string of the molecule is COC(=O)c1ccc(C=C(C#N)c2nc3sc4c(c3c(=O)[nH]2)CCCC4)cc1. The van der Waals surface area contributed by atoms with Gasteiger partial charge in [-0.1, -0.05) is 12.1 Å². The van der Waals surface area contributed by atoms with Crippen molar-refractivity contribution in [2.45, 2.75) is 25.7 Å². The van der Waals surface area contributed by atoms with E-state index in [1.165, 1.54) is 12.0 Å². The number of carbonyl (C=O) groups is 1. The Morgan fingerprint density at radius 3 is 2.75 bits per heavy atom. The zero-order chi connectivity index (χ0) is 19.7. The molecule has 3 aromatic rings. The molecule has 0 spiro atoms. The van der Waals surface area contributed by atoms with Gasteiger partial charge in [-0.25, -0.2) is 9.78 Å². The molecule has 1 aliphatic rings. The maximum atomic E-state index is 12.7. The average molecular weight is 391 g/mol. The zero-order valence-electron chi connectivity index (χ0n) is 15.2. The maximum absolute atomic E-state index is 12.7. The van der Waals surface area contributed by atoms with Crippen molar-refractivity contribution in [1.29, 1.82) is 5.26 Å². The van der Waals surface area contributed by atoms with E-state index in [-0.39, 0.29) is 17.0 Å². The number of hydrogen-bond acceptors (Lipinski definition) is 6. The summed E-state index contributed by atoms with van der Waals surface area (Å²) in [5, 5.41) is 10.3. The molecule has 1 aliphatic carbocycles. The van der Waals surface area contributed by atoms with E-state index in [2.05, 4.69) is 20.8 Å². The van der Waals surface area contributed by atoms with E-state index >= 15 is 0 Å². The molecule has 0 radical (unpaired) electrons. The topological polar surface area (TPSA) is 95.8 Å². The number of methoxy groups -OCH3 is 1. The number of fused-ring (bicyclic) bond motifs is 3. The summed E-state index contributed by atoms with van der Waals surface area (Å²) in [6.07, 6.45) is 5.75. The summed E-state index contributed by atoms with van der Waals surface area (Å²) >= 11 is 1.55. The van der Waals surface area contributed by atoms with Crippen molar-refractivity contribution in [2.24, 2.45) is 0 Å². The van der Waals surface area contributed by atoms with Gasteiger partial charge in [-0.05, 0) is 55.0 Å². The number of allylic oxidation sites excluding steroid dienone is 1. The van der Waals surface area contributed by atoms with Gasteiger partial charge in [0.15, 0.2) is 5.82 Å². The Balaban J connectivity index is 1.75. The maximum Gasteiger partial charge on any atom is 0.337 e. The summed E-state index contributed by atoms with van der Waals surface area (Å²) < 4.78 is 4.68. The summed E-state index contributed by atoms with van der Waals surface area (Å²) in [5.74, 6) is -0.162. The largest absolute Gasteiger partial charge is 0.465 e. The minimum atomic E-state index is -0.422. The summed E-state index contributed by atoms with van der Waals surface area (Å²) in [6, 6.07) is 8.78. The molecule has 0 saturated carbocycles. The number of aryl methyl sites for hydroxylation is 2. The standard InChI is InChI=1S/C21H17N3O3S/c1-27-21(26)13-8-6-12(7-9-13)10-14(11-22)18-23-19(25)17-15-4-2-3-5-16(15)28-20(17)24-18/h6-10H,2-5H2,1H3,(H,23,24,25). The third-order valence-electron chi connectivity index (χ3n) is 4.84. The van der Waals surface area contributed by atoms with Crippen molar-refractivity contribution in [3.8, 4) is 6.07 Å². The quantitative estimate of drug-likeness (QED) is 0.542. The van der Waals surface area contributed by atoms with Crippen LogP contribution in [0.25, 0.3) is 21.9 Å². The molecule has 0 atom stereocenters. The minimum Gasteiger partial charge on any atom is -0.465 e. The summed E-state index contributed by atoms with van der Waals surface area (Å²) in [7, 11) is 1.32. The molecule has 1 N–H and O–H groups in total. The van der Waals surface area contributed by atoms with Crippen LogP contribution in [0.15, 0.2) is 29.1 Å². The molecule has 6 nitrogen and oxygen atoms in total. The Morgan fingerprint density at radius 2 is 2.04 bits per heavy atom. The number of nitrogens with zero attached hydrogens (tertiary/aromatic N) is 2. The van der Waals surface area contributed by atoms with Gasteiger partial charge in [-0.15, -0.1) is 11.3 Å². The van der Waals surface area contributed by atoms with Crippen LogP contribution >= 0.6 is 11.3 Å². The second-order valence-corrected chi connectivity index (χ2v) is 7.67. The number of carbonyl (C=O) groups excluding carboxylic acids is 1. The Kier molecular flexibility index (Phi) is 4.80. The number of rotatable bonds is 3. The Morgan fingerprint density at radius 1 is 1.29 bits per heavy atom. The lowest BCUT2D eigenvalue weighted by Gasteiger charge is -2.09. The van der Waals surface area contributed by atoms with Crippen molar-refractivity contribution in [1.82, 2.24) is 9.97 Å². The second-order valence-electron chi connectivity index (χ2n) is 6.59. The van der Waals surface area contributed by atoms with Crippen LogP contribution in [0.3, 0.4) is 0 Å². The number of H-pyrrole nitrogens is 1. The van der Waals surface area contributed by atoms with Crippen LogP contribution in [-0.4, -0.2) is 23.0 Å². The third kappa shape index (κ3) is 3.23. The van der Waals surface area contributed by atoms with Crippen molar-refractivity contribution < 1.29 is 9.53 Å². The number of thiophene rings is 1. The first-order chi connectivity index (χ1) is 13.6. The van der Waals surface area contributed by atoms with E-state index < -0.39 is 5.97 Å². The van der Waals surface area contributed by atoms with Gasteiger partial charge in [0.1, 0.15) is 10.9 Å². The molecule has 0 fully saturated rings. The summed E-state index contributed by atoms with van der Waals surface area (Å²) in [5.41, 5.74) is 2.33. The van der Waals surface area contributed by atoms with Crippen LogP contribution in [0.4, 0.5) is 0 Å². The number of nitriles is 1. The highest BCUT2D eigenvalue weighted by atomic mass is 32.1. The first kappa shape index (κ1) is 18.1. The normalized spacial score (nSPS) is 13.8. The van der Waals surface area contributed by atoms with Crippen LogP contribution in [0, 0.1) is 11.3 Å². The fourth-order valence-electron chi connectivity index (χ4n) is 3.45. The number of esters is 1. The monoisotopic (exact) mass is 391 g/mol. The number of aromatic nitrogens is 2. The lowest BCUT2D eigenvalue weighted by molar-refractivity contribution is 0.0600. The van der Waals surface area contributed by atoms with Crippen molar-refractivity contribution in [2.75, 3.05) is 7.11 Å². The van der Waals surface area contributed by atoms with Gasteiger partial charge in [0.2, 0.25) is 0 Å². The van der Waals surface area contributed by atoms with Crippen LogP contribution in [-0.2, 0) is 17.6 Å². The molecule has 140 valence electrons. The molecule has 4 rings (SSSR count). The molecule has 2 heterocycles. The molecule has 0 aliphatic heterocycles. The summed E-state index contributed by atoms with van der Waals surface area (Å²) in [6.45, 7) is 0. The van der Waals surface area contributed by atoms with Crippen molar-refractivity contribution in [3.05, 3.63) is 62.0 Å². The third-order valence-corrected chi connectivity index (χ3v) is 6.03. The van der Waals surface area contributed by atoms with Gasteiger partial charge in [0.05, 0.1) is 23.6 Å². The predicted molar refractivity (Wildman–Crippen MR) is 108 cm³/mol. The van der Waals surface area contributed by atoms with Gasteiger partial charge in [0.25, 0.3) is 5.56 Å². The highest BCUT2D eigenvalue weighted by Crippen LogP contribution is 2.33. The Labute approximate surface area is 165 Å². The van der Waals surface area contributed by atoms with E-state index in [0.717, 1.165) is 36.8 Å².